The van der Waals surface area contributed by atoms with Gasteiger partial charge in [0, 0.05) is 5.69 Å². The molecule has 5 heteroatoms. The number of sulfonamides is 1. The molecular formula is C12H10FNO2S. The van der Waals surface area contributed by atoms with Crippen molar-refractivity contribution in [1.29, 1.82) is 0 Å². The molecule has 0 heterocycles. The van der Waals surface area contributed by atoms with Gasteiger partial charge in [0.05, 0.1) is 4.90 Å². The first-order chi connectivity index (χ1) is 8.08. The zero-order chi connectivity index (χ0) is 12.3. The van der Waals surface area contributed by atoms with Crippen LogP contribution in [0.3, 0.4) is 0 Å². The van der Waals surface area contributed by atoms with E-state index in [1.165, 1.54) is 36.4 Å². The summed E-state index contributed by atoms with van der Waals surface area (Å²) in [5.41, 5.74) is 0.329. The second-order valence-corrected chi connectivity index (χ2v) is 5.11. The van der Waals surface area contributed by atoms with Gasteiger partial charge in [-0.25, -0.2) is 12.8 Å². The summed E-state index contributed by atoms with van der Waals surface area (Å²) in [6, 6.07) is 13.1. The van der Waals surface area contributed by atoms with Crippen molar-refractivity contribution in [2.75, 3.05) is 4.72 Å². The maximum absolute atomic E-state index is 12.7. The van der Waals surface area contributed by atoms with Crippen molar-refractivity contribution in [3.63, 3.8) is 0 Å². The molecule has 0 aliphatic carbocycles. The minimum atomic E-state index is -3.60. The summed E-state index contributed by atoms with van der Waals surface area (Å²) in [7, 11) is -3.60. The highest BCUT2D eigenvalue weighted by Crippen LogP contribution is 2.15. The van der Waals surface area contributed by atoms with Crippen LogP contribution >= 0.6 is 0 Å². The van der Waals surface area contributed by atoms with Crippen molar-refractivity contribution in [3.05, 3.63) is 60.4 Å². The Bertz CT molecular complexity index is 594. The van der Waals surface area contributed by atoms with Gasteiger partial charge >= 0.3 is 0 Å². The molecule has 0 aromatic heterocycles. The van der Waals surface area contributed by atoms with Crippen LogP contribution < -0.4 is 4.72 Å². The van der Waals surface area contributed by atoms with E-state index < -0.39 is 15.8 Å². The Morgan fingerprint density at radius 1 is 0.882 bits per heavy atom. The van der Waals surface area contributed by atoms with E-state index in [0.29, 0.717) is 5.69 Å². The lowest BCUT2D eigenvalue weighted by molar-refractivity contribution is 0.601. The van der Waals surface area contributed by atoms with Gasteiger partial charge in [-0.2, -0.15) is 0 Å². The van der Waals surface area contributed by atoms with Crippen LogP contribution in [0.2, 0.25) is 0 Å². The zero-order valence-electron chi connectivity index (χ0n) is 8.80. The molecular weight excluding hydrogens is 241 g/mol. The SMILES string of the molecule is O=S(=O)(Nc1ccc(F)cc1)c1ccccc1. The van der Waals surface area contributed by atoms with Crippen molar-refractivity contribution in [2.24, 2.45) is 0 Å². The van der Waals surface area contributed by atoms with Gasteiger partial charge in [-0.3, -0.25) is 4.72 Å². The Morgan fingerprint density at radius 2 is 1.47 bits per heavy atom. The van der Waals surface area contributed by atoms with E-state index in [0.717, 1.165) is 0 Å². The smallest absolute Gasteiger partial charge is 0.261 e. The minimum absolute atomic E-state index is 0.171. The molecule has 88 valence electrons. The summed E-state index contributed by atoms with van der Waals surface area (Å²) < 4.78 is 38.8. The molecule has 0 aliphatic rings. The number of anilines is 1. The lowest BCUT2D eigenvalue weighted by Crippen LogP contribution is -2.12. The van der Waals surface area contributed by atoms with Crippen LogP contribution in [0.25, 0.3) is 0 Å². The van der Waals surface area contributed by atoms with Crippen LogP contribution in [-0.2, 0) is 10.0 Å². The van der Waals surface area contributed by atoms with E-state index in [2.05, 4.69) is 4.72 Å². The number of hydrogen-bond acceptors (Lipinski definition) is 2. The highest BCUT2D eigenvalue weighted by molar-refractivity contribution is 7.92. The highest BCUT2D eigenvalue weighted by atomic mass is 32.2. The van der Waals surface area contributed by atoms with E-state index in [1.807, 2.05) is 0 Å². The molecule has 2 aromatic rings. The Kier molecular flexibility index (Phi) is 3.10. The molecule has 0 unspecified atom stereocenters. The Morgan fingerprint density at radius 3 is 2.06 bits per heavy atom. The van der Waals surface area contributed by atoms with Crippen LogP contribution in [0.15, 0.2) is 59.5 Å². The van der Waals surface area contributed by atoms with Gasteiger partial charge < -0.3 is 0 Å². The quantitative estimate of drug-likeness (QED) is 0.911. The molecule has 17 heavy (non-hydrogen) atoms. The predicted octanol–water partition coefficient (Wildman–Crippen LogP) is 2.63. The average molecular weight is 251 g/mol. The standard InChI is InChI=1S/C12H10FNO2S/c13-10-6-8-11(9-7-10)14-17(15,16)12-4-2-1-3-5-12/h1-9,14H. The van der Waals surface area contributed by atoms with Crippen molar-refractivity contribution < 1.29 is 12.8 Å². The molecule has 2 rings (SSSR count). The van der Waals surface area contributed by atoms with Crippen molar-refractivity contribution >= 4 is 15.7 Å². The first kappa shape index (κ1) is 11.6. The molecule has 0 saturated heterocycles. The van der Waals surface area contributed by atoms with Crippen molar-refractivity contribution in [3.8, 4) is 0 Å². The molecule has 0 spiro atoms. The van der Waals surface area contributed by atoms with Gasteiger partial charge in [0.25, 0.3) is 10.0 Å². The number of rotatable bonds is 3. The van der Waals surface area contributed by atoms with Crippen LogP contribution in [0.1, 0.15) is 0 Å². The van der Waals surface area contributed by atoms with E-state index in [-0.39, 0.29) is 4.90 Å². The van der Waals surface area contributed by atoms with Crippen LogP contribution in [0.5, 0.6) is 0 Å². The maximum Gasteiger partial charge on any atom is 0.261 e. The predicted molar refractivity (Wildman–Crippen MR) is 63.7 cm³/mol. The topological polar surface area (TPSA) is 46.2 Å². The van der Waals surface area contributed by atoms with E-state index in [9.17, 15) is 12.8 Å². The van der Waals surface area contributed by atoms with Crippen LogP contribution in [-0.4, -0.2) is 8.42 Å². The molecule has 1 N–H and O–H groups in total. The van der Waals surface area contributed by atoms with E-state index >= 15 is 0 Å². The van der Waals surface area contributed by atoms with E-state index in [1.54, 1.807) is 18.2 Å². The summed E-state index contributed by atoms with van der Waals surface area (Å²) in [6.45, 7) is 0. The summed E-state index contributed by atoms with van der Waals surface area (Å²) >= 11 is 0. The molecule has 0 aliphatic heterocycles. The molecule has 0 saturated carbocycles. The number of halogens is 1. The third kappa shape index (κ3) is 2.82. The fraction of sp³-hybridized carbons (Fsp3) is 0. The largest absolute Gasteiger partial charge is 0.280 e. The number of benzene rings is 2. The first-order valence-electron chi connectivity index (χ1n) is 4.91. The normalized spacial score (nSPS) is 11.1. The summed E-state index contributed by atoms with van der Waals surface area (Å²) in [4.78, 5) is 0.171. The van der Waals surface area contributed by atoms with Crippen molar-refractivity contribution in [2.45, 2.75) is 4.90 Å². The lowest BCUT2D eigenvalue weighted by atomic mass is 10.3. The fourth-order valence-electron chi connectivity index (χ4n) is 1.33. The first-order valence-corrected chi connectivity index (χ1v) is 6.40. The minimum Gasteiger partial charge on any atom is -0.280 e. The molecule has 3 nitrogen and oxygen atoms in total. The summed E-state index contributed by atoms with van der Waals surface area (Å²) in [5, 5.41) is 0. The fourth-order valence-corrected chi connectivity index (χ4v) is 2.41. The number of nitrogens with one attached hydrogen (secondary N) is 1. The van der Waals surface area contributed by atoms with Gasteiger partial charge in [0.15, 0.2) is 0 Å². The van der Waals surface area contributed by atoms with Gasteiger partial charge in [-0.15, -0.1) is 0 Å². The van der Waals surface area contributed by atoms with Crippen LogP contribution in [0, 0.1) is 5.82 Å². The Balaban J connectivity index is 2.27. The zero-order valence-corrected chi connectivity index (χ0v) is 9.62. The third-order valence-electron chi connectivity index (χ3n) is 2.15. The monoisotopic (exact) mass is 251 g/mol. The number of hydrogen-bond donors (Lipinski definition) is 1. The lowest BCUT2D eigenvalue weighted by Gasteiger charge is -2.07. The van der Waals surface area contributed by atoms with Gasteiger partial charge in [-0.1, -0.05) is 18.2 Å². The average Bonchev–Trinajstić information content (AvgIpc) is 2.33. The van der Waals surface area contributed by atoms with E-state index in [4.69, 9.17) is 0 Å². The summed E-state index contributed by atoms with van der Waals surface area (Å²) in [6.07, 6.45) is 0. The molecule has 2 aromatic carbocycles. The maximum atomic E-state index is 12.7. The molecule has 0 bridgehead atoms. The van der Waals surface area contributed by atoms with Gasteiger partial charge in [0.1, 0.15) is 5.82 Å². The molecule has 0 amide bonds. The van der Waals surface area contributed by atoms with Crippen molar-refractivity contribution in [1.82, 2.24) is 0 Å². The molecule has 0 fully saturated rings. The molecule has 0 radical (unpaired) electrons. The van der Waals surface area contributed by atoms with Gasteiger partial charge in [-0.05, 0) is 36.4 Å². The Hall–Kier alpha value is -1.88. The Labute approximate surface area is 99.0 Å². The van der Waals surface area contributed by atoms with Gasteiger partial charge in [0.2, 0.25) is 0 Å². The molecule has 0 atom stereocenters. The summed E-state index contributed by atoms with van der Waals surface area (Å²) in [5.74, 6) is -0.410. The highest BCUT2D eigenvalue weighted by Gasteiger charge is 2.12. The second kappa shape index (κ2) is 4.55. The van der Waals surface area contributed by atoms with Crippen LogP contribution in [0.4, 0.5) is 10.1 Å². The third-order valence-corrected chi connectivity index (χ3v) is 3.55. The second-order valence-electron chi connectivity index (χ2n) is 3.43.